The van der Waals surface area contributed by atoms with E-state index in [0.29, 0.717) is 17.2 Å². The maximum Gasteiger partial charge on any atom is 0.265 e. The first kappa shape index (κ1) is 18.4. The minimum absolute atomic E-state index is 0.246. The van der Waals surface area contributed by atoms with Crippen molar-refractivity contribution >= 4 is 17.7 Å². The highest BCUT2D eigenvalue weighted by Gasteiger charge is 2.17. The summed E-state index contributed by atoms with van der Waals surface area (Å²) >= 11 is 0. The van der Waals surface area contributed by atoms with Crippen LogP contribution in [0, 0.1) is 0 Å². The Labute approximate surface area is 148 Å². The first-order chi connectivity index (χ1) is 12.1. The fourth-order valence-electron chi connectivity index (χ4n) is 2.24. The summed E-state index contributed by atoms with van der Waals surface area (Å²) in [4.78, 5) is 12.3. The van der Waals surface area contributed by atoms with Gasteiger partial charge in [0.05, 0.1) is 14.2 Å². The molecular formula is C20H23NO4. The largest absolute Gasteiger partial charge is 0.497 e. The van der Waals surface area contributed by atoms with Crippen LogP contribution in [-0.2, 0) is 4.79 Å². The lowest BCUT2D eigenvalue weighted by Gasteiger charge is -2.17. The van der Waals surface area contributed by atoms with Crippen molar-refractivity contribution in [3.8, 4) is 17.2 Å². The summed E-state index contributed by atoms with van der Waals surface area (Å²) in [5, 5.41) is 2.81. The van der Waals surface area contributed by atoms with Crippen molar-refractivity contribution in [3.63, 3.8) is 0 Å². The number of rotatable bonds is 7. The number of ether oxygens (including phenoxy) is 3. The maximum atomic E-state index is 12.3. The molecule has 2 aromatic carbocycles. The lowest BCUT2D eigenvalue weighted by molar-refractivity contribution is -0.122. The van der Waals surface area contributed by atoms with Crippen LogP contribution in [0.25, 0.3) is 6.08 Å². The molecule has 0 saturated heterocycles. The third-order valence-corrected chi connectivity index (χ3v) is 3.58. The van der Waals surface area contributed by atoms with E-state index in [1.54, 1.807) is 51.5 Å². The Morgan fingerprint density at radius 2 is 1.76 bits per heavy atom. The van der Waals surface area contributed by atoms with Gasteiger partial charge in [-0.1, -0.05) is 18.2 Å². The van der Waals surface area contributed by atoms with E-state index >= 15 is 0 Å². The number of hydrogen-bond acceptors (Lipinski definition) is 4. The SMILES string of the molecule is C/C=C/c1ccc(OC(C)C(=O)Nc2ccc(OC)cc2)c(OC)c1. The molecule has 1 unspecified atom stereocenters. The van der Waals surface area contributed by atoms with Crippen LogP contribution in [0.5, 0.6) is 17.2 Å². The second-order valence-electron chi connectivity index (χ2n) is 5.39. The zero-order valence-electron chi connectivity index (χ0n) is 14.9. The predicted molar refractivity (Wildman–Crippen MR) is 99.4 cm³/mol. The van der Waals surface area contributed by atoms with Crippen molar-refractivity contribution in [1.29, 1.82) is 0 Å². The smallest absolute Gasteiger partial charge is 0.265 e. The molecule has 0 fully saturated rings. The lowest BCUT2D eigenvalue weighted by atomic mass is 10.2. The minimum atomic E-state index is -0.677. The number of allylic oxidation sites excluding steroid dienone is 1. The van der Waals surface area contributed by atoms with Crippen LogP contribution in [0.4, 0.5) is 5.69 Å². The summed E-state index contributed by atoms with van der Waals surface area (Å²) in [6, 6.07) is 12.7. The summed E-state index contributed by atoms with van der Waals surface area (Å²) in [6.07, 6.45) is 3.23. The molecule has 0 bridgehead atoms. The number of benzene rings is 2. The standard InChI is InChI=1S/C20H23NO4/c1-5-6-15-7-12-18(19(13-15)24-4)25-14(2)20(22)21-16-8-10-17(23-3)11-9-16/h5-14H,1-4H3,(H,21,22)/b6-5+. The zero-order chi connectivity index (χ0) is 18.2. The number of methoxy groups -OCH3 is 2. The minimum Gasteiger partial charge on any atom is -0.497 e. The van der Waals surface area contributed by atoms with Gasteiger partial charge in [0.1, 0.15) is 5.75 Å². The molecule has 0 heterocycles. The Morgan fingerprint density at radius 1 is 1.04 bits per heavy atom. The van der Waals surface area contributed by atoms with Crippen molar-refractivity contribution in [3.05, 3.63) is 54.1 Å². The molecule has 0 saturated carbocycles. The molecule has 25 heavy (non-hydrogen) atoms. The average Bonchev–Trinajstić information content (AvgIpc) is 2.63. The van der Waals surface area contributed by atoms with Gasteiger partial charge >= 0.3 is 0 Å². The Hall–Kier alpha value is -2.95. The van der Waals surface area contributed by atoms with E-state index < -0.39 is 6.10 Å². The van der Waals surface area contributed by atoms with Crippen LogP contribution in [0.15, 0.2) is 48.5 Å². The van der Waals surface area contributed by atoms with Crippen LogP contribution in [-0.4, -0.2) is 26.2 Å². The number of amides is 1. The van der Waals surface area contributed by atoms with E-state index in [2.05, 4.69) is 5.32 Å². The molecule has 0 spiro atoms. The molecule has 5 nitrogen and oxygen atoms in total. The summed E-state index contributed by atoms with van der Waals surface area (Å²) < 4.78 is 16.2. The summed E-state index contributed by atoms with van der Waals surface area (Å²) in [6.45, 7) is 3.64. The second-order valence-corrected chi connectivity index (χ2v) is 5.39. The van der Waals surface area contributed by atoms with Crippen LogP contribution in [0.1, 0.15) is 19.4 Å². The Morgan fingerprint density at radius 3 is 2.36 bits per heavy atom. The van der Waals surface area contributed by atoms with Gasteiger partial charge in [-0.15, -0.1) is 0 Å². The highest BCUT2D eigenvalue weighted by Crippen LogP contribution is 2.29. The van der Waals surface area contributed by atoms with Crippen LogP contribution >= 0.6 is 0 Å². The van der Waals surface area contributed by atoms with E-state index in [9.17, 15) is 4.79 Å². The number of carbonyl (C=O) groups is 1. The number of nitrogens with one attached hydrogen (secondary N) is 1. The molecule has 0 aliphatic heterocycles. The Kier molecular flexibility index (Phi) is 6.46. The Bertz CT molecular complexity index is 738. The van der Waals surface area contributed by atoms with E-state index in [0.717, 1.165) is 11.3 Å². The van der Waals surface area contributed by atoms with Gasteiger partial charge in [0.2, 0.25) is 0 Å². The zero-order valence-corrected chi connectivity index (χ0v) is 14.9. The number of hydrogen-bond donors (Lipinski definition) is 1. The average molecular weight is 341 g/mol. The van der Waals surface area contributed by atoms with Gasteiger partial charge in [-0.3, -0.25) is 4.79 Å². The van der Waals surface area contributed by atoms with Crippen molar-refractivity contribution in [2.75, 3.05) is 19.5 Å². The normalized spacial score (nSPS) is 11.8. The van der Waals surface area contributed by atoms with E-state index in [-0.39, 0.29) is 5.91 Å². The molecule has 132 valence electrons. The van der Waals surface area contributed by atoms with Gasteiger partial charge in [0.15, 0.2) is 17.6 Å². The molecular weight excluding hydrogens is 318 g/mol. The maximum absolute atomic E-state index is 12.3. The third kappa shape index (κ3) is 5.01. The molecule has 1 atom stereocenters. The molecule has 5 heteroatoms. The van der Waals surface area contributed by atoms with Crippen molar-refractivity contribution in [2.24, 2.45) is 0 Å². The predicted octanol–water partition coefficient (Wildman–Crippen LogP) is 4.14. The fraction of sp³-hybridized carbons (Fsp3) is 0.250. The van der Waals surface area contributed by atoms with Crippen LogP contribution < -0.4 is 19.5 Å². The Balaban J connectivity index is 2.04. The summed E-state index contributed by atoms with van der Waals surface area (Å²) in [7, 11) is 3.17. The van der Waals surface area contributed by atoms with Crippen LogP contribution in [0.2, 0.25) is 0 Å². The van der Waals surface area contributed by atoms with Gasteiger partial charge in [0.25, 0.3) is 5.91 Å². The molecule has 0 aromatic heterocycles. The van der Waals surface area contributed by atoms with Gasteiger partial charge < -0.3 is 19.5 Å². The van der Waals surface area contributed by atoms with Crippen molar-refractivity contribution < 1.29 is 19.0 Å². The van der Waals surface area contributed by atoms with E-state index in [4.69, 9.17) is 14.2 Å². The molecule has 0 radical (unpaired) electrons. The number of anilines is 1. The van der Waals surface area contributed by atoms with E-state index in [1.165, 1.54) is 0 Å². The second kappa shape index (κ2) is 8.78. The molecule has 2 aromatic rings. The summed E-state index contributed by atoms with van der Waals surface area (Å²) in [5.41, 5.74) is 1.68. The topological polar surface area (TPSA) is 56.8 Å². The summed E-state index contributed by atoms with van der Waals surface area (Å²) in [5.74, 6) is 1.59. The van der Waals surface area contributed by atoms with Crippen molar-refractivity contribution in [2.45, 2.75) is 20.0 Å². The van der Waals surface area contributed by atoms with Gasteiger partial charge in [-0.25, -0.2) is 0 Å². The van der Waals surface area contributed by atoms with Crippen LogP contribution in [0.3, 0.4) is 0 Å². The third-order valence-electron chi connectivity index (χ3n) is 3.58. The van der Waals surface area contributed by atoms with Crippen molar-refractivity contribution in [1.82, 2.24) is 0 Å². The fourth-order valence-corrected chi connectivity index (χ4v) is 2.24. The van der Waals surface area contributed by atoms with Gasteiger partial charge in [-0.05, 0) is 55.8 Å². The van der Waals surface area contributed by atoms with Gasteiger partial charge in [0, 0.05) is 5.69 Å². The van der Waals surface area contributed by atoms with E-state index in [1.807, 2.05) is 31.2 Å². The van der Waals surface area contributed by atoms with Gasteiger partial charge in [-0.2, -0.15) is 0 Å². The number of carbonyl (C=O) groups excluding carboxylic acids is 1. The highest BCUT2D eigenvalue weighted by atomic mass is 16.5. The first-order valence-corrected chi connectivity index (χ1v) is 7.99. The lowest BCUT2D eigenvalue weighted by Crippen LogP contribution is -2.30. The molecule has 1 N–H and O–H groups in total. The molecule has 0 aliphatic rings. The molecule has 2 rings (SSSR count). The first-order valence-electron chi connectivity index (χ1n) is 7.99. The molecule has 1 amide bonds. The monoisotopic (exact) mass is 341 g/mol. The molecule has 0 aliphatic carbocycles. The highest BCUT2D eigenvalue weighted by molar-refractivity contribution is 5.94. The quantitative estimate of drug-likeness (QED) is 0.822.